The molecule has 0 saturated carbocycles. The van der Waals surface area contributed by atoms with Crippen molar-refractivity contribution in [2.24, 2.45) is 5.41 Å². The minimum absolute atomic E-state index is 0.117. The Hall–Kier alpha value is -2.38. The van der Waals surface area contributed by atoms with Crippen LogP contribution in [0.4, 0.5) is 0 Å². The van der Waals surface area contributed by atoms with Crippen LogP contribution < -0.4 is 0 Å². The SMILES string of the molecule is CC(=O)O[C@H](C)c1ccc2ccc(/C=C/[C@](C)(COCC[S+](C)C)C(=O)O)cc2n1. The molecule has 0 aliphatic carbocycles. The van der Waals surface area contributed by atoms with Crippen LogP contribution in [0.1, 0.15) is 38.1 Å². The van der Waals surface area contributed by atoms with Gasteiger partial charge in [-0.3, -0.25) is 9.59 Å². The lowest BCUT2D eigenvalue weighted by atomic mass is 9.90. The Kier molecular flexibility index (Phi) is 8.43. The number of carboxylic acids is 1. The molecule has 0 radical (unpaired) electrons. The van der Waals surface area contributed by atoms with E-state index in [1.165, 1.54) is 6.92 Å². The Morgan fingerprint density at radius 3 is 2.60 bits per heavy atom. The molecular formula is C23H30NO5S+. The van der Waals surface area contributed by atoms with Gasteiger partial charge < -0.3 is 14.6 Å². The van der Waals surface area contributed by atoms with E-state index in [2.05, 4.69) is 17.5 Å². The Bertz CT molecular complexity index is 927. The molecular weight excluding hydrogens is 402 g/mol. The van der Waals surface area contributed by atoms with E-state index in [1.807, 2.05) is 30.3 Å². The van der Waals surface area contributed by atoms with Crippen LogP contribution in [0.15, 0.2) is 36.4 Å². The molecule has 1 N–H and O–H groups in total. The predicted molar refractivity (Wildman–Crippen MR) is 122 cm³/mol. The molecule has 0 spiro atoms. The Labute approximate surface area is 180 Å². The molecule has 0 bridgehead atoms. The molecule has 2 rings (SSSR count). The fraction of sp³-hybridized carbons (Fsp3) is 0.435. The maximum Gasteiger partial charge on any atom is 0.315 e. The fourth-order valence-corrected chi connectivity index (χ4v) is 3.21. The summed E-state index contributed by atoms with van der Waals surface area (Å²) in [6.45, 7) is 5.47. The summed E-state index contributed by atoms with van der Waals surface area (Å²) in [5, 5.41) is 10.6. The summed E-state index contributed by atoms with van der Waals surface area (Å²) in [5.74, 6) is -0.364. The highest BCUT2D eigenvalue weighted by atomic mass is 32.2. The van der Waals surface area contributed by atoms with Crippen LogP contribution in [-0.4, -0.2) is 53.5 Å². The van der Waals surface area contributed by atoms with Crippen molar-refractivity contribution in [2.45, 2.75) is 26.9 Å². The zero-order valence-corrected chi connectivity index (χ0v) is 19.0. The number of hydrogen-bond acceptors (Lipinski definition) is 5. The highest BCUT2D eigenvalue weighted by Crippen LogP contribution is 2.24. The standard InChI is InChI=1S/C23H29NO5S/c1-16(29-17(2)25)20-9-8-19-7-6-18(14-21(19)24-20)10-11-23(3,22(26)27)15-28-12-13-30(4)5/h6-11,14,16H,12-13,15H2,1-5H3/p+1/b11-10+/t16-,23-/m1/s1. The van der Waals surface area contributed by atoms with Gasteiger partial charge in [0.2, 0.25) is 0 Å². The molecule has 2 atom stereocenters. The highest BCUT2D eigenvalue weighted by molar-refractivity contribution is 7.95. The van der Waals surface area contributed by atoms with Crippen LogP contribution in [0.3, 0.4) is 0 Å². The summed E-state index contributed by atoms with van der Waals surface area (Å²) in [7, 11) is 0.265. The van der Waals surface area contributed by atoms with Crippen molar-refractivity contribution in [3.8, 4) is 0 Å². The van der Waals surface area contributed by atoms with Crippen molar-refractivity contribution >= 4 is 39.8 Å². The van der Waals surface area contributed by atoms with E-state index >= 15 is 0 Å². The van der Waals surface area contributed by atoms with Crippen molar-refractivity contribution in [1.82, 2.24) is 4.98 Å². The molecule has 0 amide bonds. The molecule has 7 heteroatoms. The molecule has 6 nitrogen and oxygen atoms in total. The molecule has 162 valence electrons. The third-order valence-electron chi connectivity index (χ3n) is 4.67. The molecule has 0 unspecified atom stereocenters. The van der Waals surface area contributed by atoms with Crippen molar-refractivity contribution < 1.29 is 24.2 Å². The molecule has 0 fully saturated rings. The van der Waals surface area contributed by atoms with Gasteiger partial charge in [-0.15, -0.1) is 0 Å². The van der Waals surface area contributed by atoms with Gasteiger partial charge >= 0.3 is 11.9 Å². The summed E-state index contributed by atoms with van der Waals surface area (Å²) in [5.41, 5.74) is 1.13. The van der Waals surface area contributed by atoms with Crippen LogP contribution >= 0.6 is 0 Å². The first-order valence-electron chi connectivity index (χ1n) is 9.73. The van der Waals surface area contributed by atoms with Crippen LogP contribution in [0.5, 0.6) is 0 Å². The van der Waals surface area contributed by atoms with Crippen LogP contribution in [0.25, 0.3) is 17.0 Å². The van der Waals surface area contributed by atoms with Gasteiger partial charge in [0.05, 0.1) is 36.9 Å². The zero-order chi connectivity index (χ0) is 22.3. The molecule has 0 aliphatic heterocycles. The van der Waals surface area contributed by atoms with Gasteiger partial charge in [-0.1, -0.05) is 30.4 Å². The lowest BCUT2D eigenvalue weighted by molar-refractivity contribution is -0.148. The summed E-state index contributed by atoms with van der Waals surface area (Å²) in [4.78, 5) is 27.6. The first kappa shape index (κ1) is 23.9. The number of pyridine rings is 1. The third-order valence-corrected chi connectivity index (χ3v) is 5.65. The van der Waals surface area contributed by atoms with Crippen LogP contribution in [0.2, 0.25) is 0 Å². The number of esters is 1. The summed E-state index contributed by atoms with van der Waals surface area (Å²) < 4.78 is 10.8. The minimum atomic E-state index is -1.12. The van der Waals surface area contributed by atoms with Crippen molar-refractivity contribution in [1.29, 1.82) is 0 Å². The van der Waals surface area contributed by atoms with E-state index in [1.54, 1.807) is 26.0 Å². The molecule has 30 heavy (non-hydrogen) atoms. The summed E-state index contributed by atoms with van der Waals surface area (Å²) in [6, 6.07) is 9.50. The number of ether oxygens (including phenoxy) is 2. The smallest absolute Gasteiger partial charge is 0.315 e. The molecule has 1 aromatic carbocycles. The second-order valence-corrected chi connectivity index (χ2v) is 10.1. The number of carbonyl (C=O) groups excluding carboxylic acids is 1. The van der Waals surface area contributed by atoms with Gasteiger partial charge in [-0.25, -0.2) is 4.98 Å². The van der Waals surface area contributed by atoms with E-state index in [0.29, 0.717) is 12.3 Å². The number of fused-ring (bicyclic) bond motifs is 1. The Morgan fingerprint density at radius 1 is 1.27 bits per heavy atom. The number of aliphatic carboxylic acids is 1. The average molecular weight is 433 g/mol. The average Bonchev–Trinajstić information content (AvgIpc) is 2.68. The Balaban J connectivity index is 2.20. The maximum absolute atomic E-state index is 11.8. The molecule has 0 aliphatic rings. The van der Waals surface area contributed by atoms with Crippen molar-refractivity contribution in [3.63, 3.8) is 0 Å². The van der Waals surface area contributed by atoms with E-state index in [-0.39, 0.29) is 23.5 Å². The second kappa shape index (κ2) is 10.6. The van der Waals surface area contributed by atoms with E-state index in [0.717, 1.165) is 22.2 Å². The topological polar surface area (TPSA) is 85.7 Å². The monoisotopic (exact) mass is 432 g/mol. The molecule has 1 heterocycles. The molecule has 1 aromatic heterocycles. The van der Waals surface area contributed by atoms with Gasteiger partial charge in [0.1, 0.15) is 17.3 Å². The maximum atomic E-state index is 11.8. The largest absolute Gasteiger partial charge is 0.481 e. The molecule has 2 aromatic rings. The lowest BCUT2D eigenvalue weighted by Crippen LogP contribution is -2.31. The third kappa shape index (κ3) is 6.85. The first-order chi connectivity index (χ1) is 14.1. The fourth-order valence-electron chi connectivity index (χ4n) is 2.76. The van der Waals surface area contributed by atoms with Gasteiger partial charge in [-0.2, -0.15) is 0 Å². The number of carboxylic acid groups (broad SMARTS) is 1. The molecule has 0 saturated heterocycles. The number of nitrogens with zero attached hydrogens (tertiary/aromatic N) is 1. The van der Waals surface area contributed by atoms with Crippen molar-refractivity contribution in [2.75, 3.05) is 31.5 Å². The number of carbonyl (C=O) groups is 2. The van der Waals surface area contributed by atoms with Gasteiger partial charge in [0.25, 0.3) is 0 Å². The minimum Gasteiger partial charge on any atom is -0.481 e. The number of rotatable bonds is 10. The number of hydrogen-bond donors (Lipinski definition) is 1. The van der Waals surface area contributed by atoms with Crippen LogP contribution in [-0.2, 0) is 30.0 Å². The number of benzene rings is 1. The van der Waals surface area contributed by atoms with Gasteiger partial charge in [0.15, 0.2) is 0 Å². The van der Waals surface area contributed by atoms with Crippen molar-refractivity contribution in [3.05, 3.63) is 47.7 Å². The first-order valence-corrected chi connectivity index (χ1v) is 11.9. The van der Waals surface area contributed by atoms with E-state index in [9.17, 15) is 14.7 Å². The van der Waals surface area contributed by atoms with Gasteiger partial charge in [-0.05, 0) is 42.4 Å². The lowest BCUT2D eigenvalue weighted by Gasteiger charge is -2.20. The summed E-state index contributed by atoms with van der Waals surface area (Å²) >= 11 is 0. The van der Waals surface area contributed by atoms with E-state index in [4.69, 9.17) is 9.47 Å². The summed E-state index contributed by atoms with van der Waals surface area (Å²) in [6.07, 6.45) is 7.27. The Morgan fingerprint density at radius 2 is 1.97 bits per heavy atom. The zero-order valence-electron chi connectivity index (χ0n) is 18.2. The highest BCUT2D eigenvalue weighted by Gasteiger charge is 2.30. The van der Waals surface area contributed by atoms with E-state index < -0.39 is 17.5 Å². The van der Waals surface area contributed by atoms with Gasteiger partial charge in [0, 0.05) is 12.3 Å². The normalized spacial score (nSPS) is 14.7. The predicted octanol–water partition coefficient (Wildman–Crippen LogP) is 3.86. The number of aromatic nitrogens is 1. The van der Waals surface area contributed by atoms with Crippen LogP contribution in [0, 0.1) is 5.41 Å². The quantitative estimate of drug-likeness (QED) is 0.349. The second-order valence-electron chi connectivity index (χ2n) is 7.74.